The molecule has 0 unspecified atom stereocenters. The summed E-state index contributed by atoms with van der Waals surface area (Å²) in [6.07, 6.45) is 4.44. The molecule has 2 aromatic rings. The van der Waals surface area contributed by atoms with E-state index in [4.69, 9.17) is 4.74 Å². The Kier molecular flexibility index (Phi) is 5.40. The largest absolute Gasteiger partial charge is 0.496 e. The zero-order valence-corrected chi connectivity index (χ0v) is 16.9. The fourth-order valence-electron chi connectivity index (χ4n) is 4.53. The number of hydrogen-bond acceptors (Lipinski definition) is 3. The fraction of sp³-hybridized carbons (Fsp3) is 0.458. The van der Waals surface area contributed by atoms with Crippen LogP contribution in [0.1, 0.15) is 24.8 Å². The van der Waals surface area contributed by atoms with Crippen molar-refractivity contribution < 1.29 is 9.53 Å². The SMILES string of the molecule is CNC(=O)[C@]1(Cc2ccc(-c3ccccc3OC)cc2)CCN(CC2CC2)C1. The van der Waals surface area contributed by atoms with Crippen LogP contribution in [0.15, 0.2) is 48.5 Å². The average molecular weight is 379 g/mol. The molecule has 1 aliphatic carbocycles. The highest BCUT2D eigenvalue weighted by atomic mass is 16.5. The molecule has 4 rings (SSSR count). The first kappa shape index (κ1) is 19.0. The van der Waals surface area contributed by atoms with Gasteiger partial charge in [0.1, 0.15) is 5.75 Å². The van der Waals surface area contributed by atoms with Gasteiger partial charge in [-0.25, -0.2) is 0 Å². The Bertz CT molecular complexity index is 829. The molecule has 1 saturated carbocycles. The number of likely N-dealkylation sites (tertiary alicyclic amines) is 1. The van der Waals surface area contributed by atoms with Crippen molar-refractivity contribution in [3.8, 4) is 16.9 Å². The predicted octanol–water partition coefficient (Wildman–Crippen LogP) is 3.75. The summed E-state index contributed by atoms with van der Waals surface area (Å²) < 4.78 is 5.49. The average Bonchev–Trinajstić information content (AvgIpc) is 3.46. The van der Waals surface area contributed by atoms with Crippen molar-refractivity contribution in [3.05, 3.63) is 54.1 Å². The second-order valence-corrected chi connectivity index (χ2v) is 8.36. The minimum absolute atomic E-state index is 0.180. The summed E-state index contributed by atoms with van der Waals surface area (Å²) in [6.45, 7) is 3.06. The van der Waals surface area contributed by atoms with Crippen molar-refractivity contribution >= 4 is 5.91 Å². The summed E-state index contributed by atoms with van der Waals surface area (Å²) in [5, 5.41) is 2.93. The molecule has 0 radical (unpaired) electrons. The van der Waals surface area contributed by atoms with Crippen LogP contribution in [0, 0.1) is 11.3 Å². The van der Waals surface area contributed by atoms with Crippen LogP contribution in [-0.4, -0.2) is 44.6 Å². The van der Waals surface area contributed by atoms with Crippen LogP contribution in [0.4, 0.5) is 0 Å². The van der Waals surface area contributed by atoms with Gasteiger partial charge >= 0.3 is 0 Å². The molecule has 2 fully saturated rings. The van der Waals surface area contributed by atoms with Gasteiger partial charge < -0.3 is 15.0 Å². The number of para-hydroxylation sites is 1. The zero-order chi connectivity index (χ0) is 19.6. The standard InChI is InChI=1S/C24H30N2O2/c1-25-23(27)24(13-14-26(17-24)16-19-7-8-19)15-18-9-11-20(12-10-18)21-5-3-4-6-22(21)28-2/h3-6,9-12,19H,7-8,13-17H2,1-2H3,(H,25,27)/t24-/m0/s1. The number of hydrogen-bond donors (Lipinski definition) is 1. The number of rotatable bonds is 7. The van der Waals surface area contributed by atoms with Crippen molar-refractivity contribution in [2.45, 2.75) is 25.7 Å². The third-order valence-corrected chi connectivity index (χ3v) is 6.27. The molecule has 2 aliphatic rings. The summed E-state index contributed by atoms with van der Waals surface area (Å²) >= 11 is 0. The van der Waals surface area contributed by atoms with Crippen LogP contribution in [-0.2, 0) is 11.2 Å². The zero-order valence-electron chi connectivity index (χ0n) is 16.9. The Hall–Kier alpha value is -2.33. The van der Waals surface area contributed by atoms with Crippen LogP contribution >= 0.6 is 0 Å². The van der Waals surface area contributed by atoms with Gasteiger partial charge in [0.15, 0.2) is 0 Å². The lowest BCUT2D eigenvalue weighted by atomic mass is 9.79. The number of amides is 1. The van der Waals surface area contributed by atoms with Gasteiger partial charge in [-0.1, -0.05) is 42.5 Å². The molecule has 2 aromatic carbocycles. The molecule has 1 saturated heterocycles. The molecule has 4 nitrogen and oxygen atoms in total. The number of carbonyl (C=O) groups is 1. The monoisotopic (exact) mass is 378 g/mol. The lowest BCUT2D eigenvalue weighted by molar-refractivity contribution is -0.130. The molecule has 1 aliphatic heterocycles. The van der Waals surface area contributed by atoms with E-state index in [9.17, 15) is 4.79 Å². The Labute approximate surface area is 167 Å². The molecule has 1 amide bonds. The normalized spacial score (nSPS) is 22.2. The molecule has 28 heavy (non-hydrogen) atoms. The van der Waals surface area contributed by atoms with E-state index in [0.717, 1.165) is 55.3 Å². The van der Waals surface area contributed by atoms with Gasteiger partial charge in [0.2, 0.25) is 5.91 Å². The van der Waals surface area contributed by atoms with Crippen molar-refractivity contribution in [1.29, 1.82) is 0 Å². The maximum absolute atomic E-state index is 12.8. The highest BCUT2D eigenvalue weighted by molar-refractivity contribution is 5.83. The predicted molar refractivity (Wildman–Crippen MR) is 112 cm³/mol. The van der Waals surface area contributed by atoms with Gasteiger partial charge in [-0.3, -0.25) is 4.79 Å². The van der Waals surface area contributed by atoms with Gasteiger partial charge in [-0.2, -0.15) is 0 Å². The number of ether oxygens (including phenoxy) is 1. The summed E-state index contributed by atoms with van der Waals surface area (Å²) in [5.41, 5.74) is 3.14. The second-order valence-electron chi connectivity index (χ2n) is 8.36. The number of nitrogens with one attached hydrogen (secondary N) is 1. The second kappa shape index (κ2) is 7.96. The van der Waals surface area contributed by atoms with Crippen molar-refractivity contribution in [1.82, 2.24) is 10.2 Å². The van der Waals surface area contributed by atoms with Gasteiger partial charge in [0, 0.05) is 25.7 Å². The number of benzene rings is 2. The van der Waals surface area contributed by atoms with Gasteiger partial charge in [-0.05, 0) is 55.3 Å². The molecule has 4 heteroatoms. The minimum Gasteiger partial charge on any atom is -0.496 e. The van der Waals surface area contributed by atoms with Crippen LogP contribution in [0.3, 0.4) is 0 Å². The Morgan fingerprint density at radius 2 is 1.93 bits per heavy atom. The van der Waals surface area contributed by atoms with Crippen molar-refractivity contribution in [2.24, 2.45) is 11.3 Å². The van der Waals surface area contributed by atoms with E-state index in [-0.39, 0.29) is 11.3 Å². The first-order chi connectivity index (χ1) is 13.6. The number of methoxy groups -OCH3 is 1. The smallest absolute Gasteiger partial charge is 0.227 e. The molecule has 148 valence electrons. The van der Waals surface area contributed by atoms with Crippen LogP contribution in [0.25, 0.3) is 11.1 Å². The van der Waals surface area contributed by atoms with Crippen LogP contribution < -0.4 is 10.1 Å². The molecular weight excluding hydrogens is 348 g/mol. The maximum atomic E-state index is 12.8. The summed E-state index contributed by atoms with van der Waals surface area (Å²) in [7, 11) is 3.46. The van der Waals surface area contributed by atoms with E-state index >= 15 is 0 Å². The first-order valence-corrected chi connectivity index (χ1v) is 10.3. The van der Waals surface area contributed by atoms with Crippen molar-refractivity contribution in [3.63, 3.8) is 0 Å². The topological polar surface area (TPSA) is 41.6 Å². The van der Waals surface area contributed by atoms with Crippen LogP contribution in [0.5, 0.6) is 5.75 Å². The molecule has 1 N–H and O–H groups in total. The van der Waals surface area contributed by atoms with Crippen molar-refractivity contribution in [2.75, 3.05) is 33.8 Å². The molecule has 1 heterocycles. The molecule has 0 bridgehead atoms. The third kappa shape index (κ3) is 3.93. The third-order valence-electron chi connectivity index (χ3n) is 6.27. The first-order valence-electron chi connectivity index (χ1n) is 10.3. The fourth-order valence-corrected chi connectivity index (χ4v) is 4.53. The summed E-state index contributed by atoms with van der Waals surface area (Å²) in [4.78, 5) is 15.3. The van der Waals surface area contributed by atoms with E-state index in [1.807, 2.05) is 18.2 Å². The highest BCUT2D eigenvalue weighted by Crippen LogP contribution is 2.38. The van der Waals surface area contributed by atoms with E-state index in [0.29, 0.717) is 0 Å². The molecular formula is C24H30N2O2. The minimum atomic E-state index is -0.310. The van der Waals surface area contributed by atoms with Gasteiger partial charge in [0.25, 0.3) is 0 Å². The van der Waals surface area contributed by atoms with Crippen LogP contribution in [0.2, 0.25) is 0 Å². The highest BCUT2D eigenvalue weighted by Gasteiger charge is 2.44. The van der Waals surface area contributed by atoms with E-state index < -0.39 is 0 Å². The Balaban J connectivity index is 1.52. The molecule has 1 atom stereocenters. The Morgan fingerprint density at radius 3 is 2.61 bits per heavy atom. The summed E-state index contributed by atoms with van der Waals surface area (Å²) in [6, 6.07) is 16.7. The molecule has 0 aromatic heterocycles. The van der Waals surface area contributed by atoms with E-state index in [2.05, 4.69) is 40.5 Å². The number of carbonyl (C=O) groups excluding carboxylic acids is 1. The summed E-state index contributed by atoms with van der Waals surface area (Å²) in [5.74, 6) is 1.92. The lowest BCUT2D eigenvalue weighted by Crippen LogP contribution is -2.43. The Morgan fingerprint density at radius 1 is 1.18 bits per heavy atom. The quantitative estimate of drug-likeness (QED) is 0.798. The van der Waals surface area contributed by atoms with E-state index in [1.165, 1.54) is 18.4 Å². The van der Waals surface area contributed by atoms with Gasteiger partial charge in [-0.15, -0.1) is 0 Å². The maximum Gasteiger partial charge on any atom is 0.227 e. The number of nitrogens with zero attached hydrogens (tertiary/aromatic N) is 1. The molecule has 0 spiro atoms. The van der Waals surface area contributed by atoms with E-state index in [1.54, 1.807) is 14.2 Å². The van der Waals surface area contributed by atoms with Gasteiger partial charge in [0.05, 0.1) is 12.5 Å². The lowest BCUT2D eigenvalue weighted by Gasteiger charge is -2.28.